The summed E-state index contributed by atoms with van der Waals surface area (Å²) in [5.74, 6) is 0. The van der Waals surface area contributed by atoms with Crippen LogP contribution in [-0.2, 0) is 6.42 Å². The second kappa shape index (κ2) is 6.03. The third-order valence-corrected chi connectivity index (χ3v) is 3.55. The van der Waals surface area contributed by atoms with Crippen LogP contribution >= 0.6 is 15.9 Å². The molecule has 1 heterocycles. The van der Waals surface area contributed by atoms with Gasteiger partial charge in [0.25, 0.3) is 0 Å². The summed E-state index contributed by atoms with van der Waals surface area (Å²) in [6.45, 7) is 3.06. The zero-order chi connectivity index (χ0) is 12.1. The predicted octanol–water partition coefficient (Wildman–Crippen LogP) is 3.94. The first-order valence-corrected chi connectivity index (χ1v) is 6.59. The van der Waals surface area contributed by atoms with E-state index in [1.807, 2.05) is 18.4 Å². The molecule has 90 valence electrons. The SMILES string of the molecule is CCNC(Cc1ccccc1Br)c1ccoc1. The topological polar surface area (TPSA) is 25.2 Å². The van der Waals surface area contributed by atoms with Crippen LogP contribution in [0.5, 0.6) is 0 Å². The van der Waals surface area contributed by atoms with Gasteiger partial charge in [0.2, 0.25) is 0 Å². The van der Waals surface area contributed by atoms with Crippen LogP contribution in [0.1, 0.15) is 24.1 Å². The molecule has 17 heavy (non-hydrogen) atoms. The number of rotatable bonds is 5. The average molecular weight is 294 g/mol. The van der Waals surface area contributed by atoms with Crippen LogP contribution in [0.2, 0.25) is 0 Å². The number of hydrogen-bond donors (Lipinski definition) is 1. The van der Waals surface area contributed by atoms with Crippen molar-refractivity contribution in [2.45, 2.75) is 19.4 Å². The van der Waals surface area contributed by atoms with E-state index in [1.165, 1.54) is 11.1 Å². The van der Waals surface area contributed by atoms with E-state index in [2.05, 4.69) is 46.4 Å². The van der Waals surface area contributed by atoms with Crippen LogP contribution in [0.25, 0.3) is 0 Å². The van der Waals surface area contributed by atoms with Crippen molar-refractivity contribution in [3.05, 3.63) is 58.5 Å². The fraction of sp³-hybridized carbons (Fsp3) is 0.286. The summed E-state index contributed by atoms with van der Waals surface area (Å²) in [5.41, 5.74) is 2.50. The minimum atomic E-state index is 0.303. The minimum Gasteiger partial charge on any atom is -0.472 e. The van der Waals surface area contributed by atoms with Crippen LogP contribution in [-0.4, -0.2) is 6.54 Å². The number of furan rings is 1. The first-order chi connectivity index (χ1) is 8.31. The van der Waals surface area contributed by atoms with Crippen LogP contribution < -0.4 is 5.32 Å². The Morgan fingerprint density at radius 1 is 1.29 bits per heavy atom. The molecule has 0 fully saturated rings. The molecule has 2 rings (SSSR count). The van der Waals surface area contributed by atoms with Crippen molar-refractivity contribution in [1.29, 1.82) is 0 Å². The zero-order valence-electron chi connectivity index (χ0n) is 9.82. The second-order valence-corrected chi connectivity index (χ2v) is 4.82. The van der Waals surface area contributed by atoms with Gasteiger partial charge in [0, 0.05) is 16.1 Å². The summed E-state index contributed by atoms with van der Waals surface area (Å²) in [4.78, 5) is 0. The summed E-state index contributed by atoms with van der Waals surface area (Å²) < 4.78 is 6.32. The van der Waals surface area contributed by atoms with Crippen LogP contribution in [0, 0.1) is 0 Å². The molecular weight excluding hydrogens is 278 g/mol. The molecule has 2 nitrogen and oxygen atoms in total. The molecule has 1 unspecified atom stereocenters. The fourth-order valence-corrected chi connectivity index (χ4v) is 2.36. The van der Waals surface area contributed by atoms with Crippen molar-refractivity contribution >= 4 is 15.9 Å². The van der Waals surface area contributed by atoms with Crippen molar-refractivity contribution in [1.82, 2.24) is 5.32 Å². The molecular formula is C14H16BrNO. The molecule has 0 saturated carbocycles. The van der Waals surface area contributed by atoms with Crippen molar-refractivity contribution in [2.75, 3.05) is 6.54 Å². The number of likely N-dealkylation sites (N-methyl/N-ethyl adjacent to an activating group) is 1. The van der Waals surface area contributed by atoms with E-state index >= 15 is 0 Å². The van der Waals surface area contributed by atoms with Crippen molar-refractivity contribution in [3.63, 3.8) is 0 Å². The van der Waals surface area contributed by atoms with E-state index in [1.54, 1.807) is 6.26 Å². The van der Waals surface area contributed by atoms with Crippen molar-refractivity contribution < 1.29 is 4.42 Å². The summed E-state index contributed by atoms with van der Waals surface area (Å²) in [7, 11) is 0. The Balaban J connectivity index is 2.16. The van der Waals surface area contributed by atoms with E-state index < -0.39 is 0 Å². The maximum atomic E-state index is 5.16. The minimum absolute atomic E-state index is 0.303. The molecule has 1 aromatic carbocycles. The largest absolute Gasteiger partial charge is 0.472 e. The molecule has 0 aliphatic heterocycles. The normalized spacial score (nSPS) is 12.6. The second-order valence-electron chi connectivity index (χ2n) is 3.96. The Bertz CT molecular complexity index is 453. The van der Waals surface area contributed by atoms with Crippen LogP contribution in [0.3, 0.4) is 0 Å². The smallest absolute Gasteiger partial charge is 0.0950 e. The Morgan fingerprint density at radius 3 is 2.76 bits per heavy atom. The highest BCUT2D eigenvalue weighted by Gasteiger charge is 2.13. The van der Waals surface area contributed by atoms with E-state index in [-0.39, 0.29) is 0 Å². The molecule has 0 bridgehead atoms. The highest BCUT2D eigenvalue weighted by atomic mass is 79.9. The average Bonchev–Trinajstić information content (AvgIpc) is 2.85. The van der Waals surface area contributed by atoms with Crippen molar-refractivity contribution in [3.8, 4) is 0 Å². The molecule has 0 saturated heterocycles. The lowest BCUT2D eigenvalue weighted by Crippen LogP contribution is -2.22. The molecule has 0 aliphatic rings. The number of halogens is 1. The molecule has 1 N–H and O–H groups in total. The van der Waals surface area contributed by atoms with E-state index in [4.69, 9.17) is 4.42 Å². The van der Waals surface area contributed by atoms with Crippen LogP contribution in [0.4, 0.5) is 0 Å². The Kier molecular flexibility index (Phi) is 4.40. The predicted molar refractivity (Wildman–Crippen MR) is 73.0 cm³/mol. The van der Waals surface area contributed by atoms with Crippen LogP contribution in [0.15, 0.2) is 51.7 Å². The number of benzene rings is 1. The molecule has 0 radical (unpaired) electrons. The zero-order valence-corrected chi connectivity index (χ0v) is 11.4. The van der Waals surface area contributed by atoms with Gasteiger partial charge in [-0.2, -0.15) is 0 Å². The molecule has 0 aliphatic carbocycles. The number of hydrogen-bond acceptors (Lipinski definition) is 2. The van der Waals surface area contributed by atoms with Gasteiger partial charge in [0.1, 0.15) is 0 Å². The maximum Gasteiger partial charge on any atom is 0.0950 e. The highest BCUT2D eigenvalue weighted by Crippen LogP contribution is 2.23. The summed E-state index contributed by atoms with van der Waals surface area (Å²) in [6.07, 6.45) is 4.48. The standard InChI is InChI=1S/C14H16BrNO/c1-2-16-14(12-7-8-17-10-12)9-11-5-3-4-6-13(11)15/h3-8,10,14,16H,2,9H2,1H3. The molecule has 1 aromatic heterocycles. The fourth-order valence-electron chi connectivity index (χ4n) is 1.91. The van der Waals surface area contributed by atoms with E-state index in [0.717, 1.165) is 17.4 Å². The number of nitrogens with one attached hydrogen (secondary N) is 1. The van der Waals surface area contributed by atoms with E-state index in [0.29, 0.717) is 6.04 Å². The Morgan fingerprint density at radius 2 is 2.12 bits per heavy atom. The molecule has 0 spiro atoms. The molecule has 1 atom stereocenters. The van der Waals surface area contributed by atoms with Gasteiger partial charge in [-0.1, -0.05) is 41.1 Å². The third-order valence-electron chi connectivity index (χ3n) is 2.78. The molecule has 3 heteroatoms. The lowest BCUT2D eigenvalue weighted by atomic mass is 10.0. The molecule has 0 amide bonds. The maximum absolute atomic E-state index is 5.16. The Hall–Kier alpha value is -1.06. The quantitative estimate of drug-likeness (QED) is 0.903. The summed E-state index contributed by atoms with van der Waals surface area (Å²) >= 11 is 3.59. The molecule has 2 aromatic rings. The third kappa shape index (κ3) is 3.20. The summed E-state index contributed by atoms with van der Waals surface area (Å²) in [5, 5.41) is 3.48. The lowest BCUT2D eigenvalue weighted by Gasteiger charge is -2.17. The lowest BCUT2D eigenvalue weighted by molar-refractivity contribution is 0.524. The van der Waals surface area contributed by atoms with Gasteiger partial charge in [-0.3, -0.25) is 0 Å². The highest BCUT2D eigenvalue weighted by molar-refractivity contribution is 9.10. The van der Waals surface area contributed by atoms with E-state index in [9.17, 15) is 0 Å². The van der Waals surface area contributed by atoms with Gasteiger partial charge in [-0.05, 0) is 30.7 Å². The van der Waals surface area contributed by atoms with Gasteiger partial charge in [-0.25, -0.2) is 0 Å². The van der Waals surface area contributed by atoms with Gasteiger partial charge in [0.05, 0.1) is 12.5 Å². The Labute approximate surface area is 110 Å². The van der Waals surface area contributed by atoms with Crippen molar-refractivity contribution in [2.24, 2.45) is 0 Å². The summed E-state index contributed by atoms with van der Waals surface area (Å²) in [6, 6.07) is 10.6. The van der Waals surface area contributed by atoms with Gasteiger partial charge < -0.3 is 9.73 Å². The van der Waals surface area contributed by atoms with Gasteiger partial charge >= 0.3 is 0 Å². The van der Waals surface area contributed by atoms with Gasteiger partial charge in [0.15, 0.2) is 0 Å². The first-order valence-electron chi connectivity index (χ1n) is 5.80. The van der Waals surface area contributed by atoms with Gasteiger partial charge in [-0.15, -0.1) is 0 Å². The monoisotopic (exact) mass is 293 g/mol. The first kappa shape index (κ1) is 12.4.